The molecule has 0 aliphatic carbocycles. The Hall–Kier alpha value is -1.19. The van der Waals surface area contributed by atoms with E-state index in [4.69, 9.17) is 0 Å². The Morgan fingerprint density at radius 3 is 1.33 bits per heavy atom. The second-order valence-electron chi connectivity index (χ2n) is 4.04. The van der Waals surface area contributed by atoms with Crippen LogP contribution in [0.1, 0.15) is 27.0 Å². The van der Waals surface area contributed by atoms with Gasteiger partial charge < -0.3 is 0 Å². The van der Waals surface area contributed by atoms with Gasteiger partial charge >= 0.3 is 0 Å². The molecule has 1 nitrogen and oxygen atoms in total. The first-order chi connectivity index (χ1) is 8.74. The van der Waals surface area contributed by atoms with E-state index in [1.807, 2.05) is 48.5 Å². The maximum absolute atomic E-state index is 12.2. The van der Waals surface area contributed by atoms with Gasteiger partial charge in [-0.2, -0.15) is 25.3 Å². The number of thiol groups is 2. The first-order valence-electron chi connectivity index (χ1n) is 5.69. The highest BCUT2D eigenvalue weighted by Gasteiger charge is 2.08. The molecule has 0 N–H and O–H groups in total. The van der Waals surface area contributed by atoms with Crippen molar-refractivity contribution >= 4 is 31.0 Å². The van der Waals surface area contributed by atoms with E-state index in [2.05, 4.69) is 25.3 Å². The van der Waals surface area contributed by atoms with Gasteiger partial charge in [-0.25, -0.2) is 0 Å². The summed E-state index contributed by atoms with van der Waals surface area (Å²) in [7, 11) is 0. The summed E-state index contributed by atoms with van der Waals surface area (Å²) in [5, 5.41) is 0. The average molecular weight is 274 g/mol. The van der Waals surface area contributed by atoms with Crippen molar-refractivity contribution in [2.45, 2.75) is 11.5 Å². The lowest BCUT2D eigenvalue weighted by Gasteiger charge is -2.03. The fourth-order valence-electron chi connectivity index (χ4n) is 1.69. The summed E-state index contributed by atoms with van der Waals surface area (Å²) in [6, 6.07) is 15.1. The van der Waals surface area contributed by atoms with Crippen molar-refractivity contribution in [1.29, 1.82) is 0 Å². The quantitative estimate of drug-likeness (QED) is 0.641. The number of benzene rings is 2. The number of hydrogen-bond donors (Lipinski definition) is 2. The van der Waals surface area contributed by atoms with E-state index in [1.165, 1.54) is 0 Å². The van der Waals surface area contributed by atoms with Crippen LogP contribution in [0.4, 0.5) is 0 Å². The molecule has 0 bridgehead atoms. The largest absolute Gasteiger partial charge is 0.289 e. The van der Waals surface area contributed by atoms with Crippen LogP contribution in [0.25, 0.3) is 0 Å². The molecule has 0 radical (unpaired) electrons. The molecule has 3 heteroatoms. The second-order valence-corrected chi connectivity index (χ2v) is 4.67. The van der Waals surface area contributed by atoms with E-state index in [-0.39, 0.29) is 5.78 Å². The Bertz CT molecular complexity index is 480. The number of hydrogen-bond acceptors (Lipinski definition) is 3. The molecule has 0 saturated heterocycles. The number of ketones is 1. The minimum Gasteiger partial charge on any atom is -0.289 e. The third-order valence-corrected chi connectivity index (χ3v) is 3.53. The van der Waals surface area contributed by atoms with Crippen molar-refractivity contribution in [2.24, 2.45) is 0 Å². The first-order valence-corrected chi connectivity index (χ1v) is 6.95. The van der Waals surface area contributed by atoms with Gasteiger partial charge in [-0.3, -0.25) is 4.79 Å². The standard InChI is InChI=1S/C15H14OS2/c16-15(13-5-1-11(9-17)2-6-13)14-7-3-12(10-18)4-8-14/h1-8,17-18H,9-10H2. The van der Waals surface area contributed by atoms with Crippen LogP contribution in [-0.2, 0) is 11.5 Å². The Morgan fingerprint density at radius 1 is 0.722 bits per heavy atom. The van der Waals surface area contributed by atoms with Crippen LogP contribution in [0.15, 0.2) is 48.5 Å². The molecule has 0 saturated carbocycles. The Balaban J connectivity index is 2.23. The van der Waals surface area contributed by atoms with Gasteiger partial charge in [0.05, 0.1) is 0 Å². The molecule has 2 aromatic carbocycles. The summed E-state index contributed by atoms with van der Waals surface area (Å²) in [5.41, 5.74) is 3.64. The van der Waals surface area contributed by atoms with Crippen molar-refractivity contribution in [3.05, 3.63) is 70.8 Å². The molecule has 0 heterocycles. The van der Waals surface area contributed by atoms with Gasteiger partial charge in [-0.05, 0) is 11.1 Å². The summed E-state index contributed by atoms with van der Waals surface area (Å²) in [6.45, 7) is 0. The lowest BCUT2D eigenvalue weighted by atomic mass is 10.0. The minimum atomic E-state index is 0.0476. The van der Waals surface area contributed by atoms with E-state index in [0.717, 1.165) is 11.1 Å². The van der Waals surface area contributed by atoms with Gasteiger partial charge in [-0.1, -0.05) is 48.5 Å². The van der Waals surface area contributed by atoms with Crippen LogP contribution in [-0.4, -0.2) is 5.78 Å². The fourth-order valence-corrected chi connectivity index (χ4v) is 2.11. The van der Waals surface area contributed by atoms with Gasteiger partial charge in [0.1, 0.15) is 0 Å². The SMILES string of the molecule is O=C(c1ccc(CS)cc1)c1ccc(CS)cc1. The summed E-state index contributed by atoms with van der Waals surface area (Å²) in [4.78, 5) is 12.2. The molecule has 0 fully saturated rings. The van der Waals surface area contributed by atoms with Crippen LogP contribution in [0.3, 0.4) is 0 Å². The van der Waals surface area contributed by atoms with Crippen LogP contribution < -0.4 is 0 Å². The zero-order valence-corrected chi connectivity index (χ0v) is 11.6. The molecule has 0 amide bonds. The van der Waals surface area contributed by atoms with Crippen LogP contribution in [0.2, 0.25) is 0 Å². The molecule has 2 rings (SSSR count). The first kappa shape index (κ1) is 13.2. The summed E-state index contributed by atoms with van der Waals surface area (Å²) in [6.07, 6.45) is 0. The molecule has 18 heavy (non-hydrogen) atoms. The van der Waals surface area contributed by atoms with Gasteiger partial charge in [0.15, 0.2) is 5.78 Å². The van der Waals surface area contributed by atoms with E-state index in [0.29, 0.717) is 22.6 Å². The zero-order valence-electron chi connectivity index (χ0n) is 9.84. The third-order valence-electron chi connectivity index (χ3n) is 2.80. The molecular formula is C15H14OS2. The van der Waals surface area contributed by atoms with Crippen molar-refractivity contribution in [3.8, 4) is 0 Å². The minimum absolute atomic E-state index is 0.0476. The van der Waals surface area contributed by atoms with Gasteiger partial charge in [-0.15, -0.1) is 0 Å². The molecule has 92 valence electrons. The van der Waals surface area contributed by atoms with Crippen LogP contribution >= 0.6 is 25.3 Å². The van der Waals surface area contributed by atoms with Gasteiger partial charge in [0, 0.05) is 22.6 Å². The predicted molar refractivity (Wildman–Crippen MR) is 81.7 cm³/mol. The summed E-state index contributed by atoms with van der Waals surface area (Å²) >= 11 is 8.39. The van der Waals surface area contributed by atoms with Crippen molar-refractivity contribution in [3.63, 3.8) is 0 Å². The molecule has 0 aliphatic rings. The Labute approximate surface area is 118 Å². The fraction of sp³-hybridized carbons (Fsp3) is 0.133. The normalized spacial score (nSPS) is 10.3. The number of carbonyl (C=O) groups excluding carboxylic acids is 1. The van der Waals surface area contributed by atoms with Gasteiger partial charge in [0.25, 0.3) is 0 Å². The van der Waals surface area contributed by atoms with E-state index >= 15 is 0 Å². The van der Waals surface area contributed by atoms with E-state index in [1.54, 1.807) is 0 Å². The topological polar surface area (TPSA) is 17.1 Å². The molecule has 0 atom stereocenters. The molecule has 0 spiro atoms. The summed E-state index contributed by atoms with van der Waals surface area (Å²) < 4.78 is 0. The molecule has 0 unspecified atom stereocenters. The van der Waals surface area contributed by atoms with Crippen LogP contribution in [0, 0.1) is 0 Å². The zero-order chi connectivity index (χ0) is 13.0. The molecular weight excluding hydrogens is 260 g/mol. The van der Waals surface area contributed by atoms with E-state index < -0.39 is 0 Å². The van der Waals surface area contributed by atoms with Crippen molar-refractivity contribution < 1.29 is 4.79 Å². The molecule has 0 aliphatic heterocycles. The van der Waals surface area contributed by atoms with Crippen molar-refractivity contribution in [2.75, 3.05) is 0 Å². The molecule has 0 aromatic heterocycles. The van der Waals surface area contributed by atoms with Crippen LogP contribution in [0.5, 0.6) is 0 Å². The molecule has 2 aromatic rings. The number of rotatable bonds is 4. The van der Waals surface area contributed by atoms with Gasteiger partial charge in [0.2, 0.25) is 0 Å². The van der Waals surface area contributed by atoms with Crippen molar-refractivity contribution in [1.82, 2.24) is 0 Å². The number of carbonyl (C=O) groups is 1. The summed E-state index contributed by atoms with van der Waals surface area (Å²) in [5.74, 6) is 1.42. The van der Waals surface area contributed by atoms with E-state index in [9.17, 15) is 4.79 Å². The highest BCUT2D eigenvalue weighted by atomic mass is 32.1. The third kappa shape index (κ3) is 2.98. The highest BCUT2D eigenvalue weighted by Crippen LogP contribution is 2.13. The smallest absolute Gasteiger partial charge is 0.193 e. The second kappa shape index (κ2) is 6.12. The average Bonchev–Trinajstić information content (AvgIpc) is 2.47. The maximum Gasteiger partial charge on any atom is 0.193 e. The predicted octanol–water partition coefficient (Wildman–Crippen LogP) is 3.78. The lowest BCUT2D eigenvalue weighted by Crippen LogP contribution is -2.01. The maximum atomic E-state index is 12.2. The Kier molecular flexibility index (Phi) is 4.50. The highest BCUT2D eigenvalue weighted by molar-refractivity contribution is 7.79. The lowest BCUT2D eigenvalue weighted by molar-refractivity contribution is 0.103. The monoisotopic (exact) mass is 274 g/mol. The Morgan fingerprint density at radius 2 is 1.06 bits per heavy atom.